The maximum atomic E-state index is 12.6. The van der Waals surface area contributed by atoms with Crippen molar-refractivity contribution in [2.75, 3.05) is 13.6 Å². The van der Waals surface area contributed by atoms with Gasteiger partial charge in [-0.2, -0.15) is 0 Å². The molecule has 0 fully saturated rings. The Morgan fingerprint density at radius 1 is 1.29 bits per heavy atom. The summed E-state index contributed by atoms with van der Waals surface area (Å²) in [6.45, 7) is 9.34. The van der Waals surface area contributed by atoms with Crippen LogP contribution in [-0.4, -0.2) is 52.3 Å². The van der Waals surface area contributed by atoms with Gasteiger partial charge in [0.15, 0.2) is 11.6 Å². The van der Waals surface area contributed by atoms with Crippen molar-refractivity contribution in [3.63, 3.8) is 0 Å². The number of hydrogen-bond donors (Lipinski definition) is 2. The lowest BCUT2D eigenvalue weighted by Crippen LogP contribution is -2.38. The van der Waals surface area contributed by atoms with Crippen LogP contribution < -0.4 is 0 Å². The monoisotopic (exact) mass is 294 g/mol. The molecule has 0 bridgehead atoms. The van der Waals surface area contributed by atoms with Crippen molar-refractivity contribution >= 4 is 11.6 Å². The van der Waals surface area contributed by atoms with Gasteiger partial charge in [-0.1, -0.05) is 0 Å². The molecule has 0 saturated heterocycles. The Morgan fingerprint density at radius 3 is 2.29 bits per heavy atom. The first-order valence-electron chi connectivity index (χ1n) is 7.29. The number of nitrogens with zero attached hydrogens (tertiary/aromatic N) is 1. The lowest BCUT2D eigenvalue weighted by atomic mass is 10.0. The van der Waals surface area contributed by atoms with Crippen molar-refractivity contribution in [3.8, 4) is 0 Å². The highest BCUT2D eigenvalue weighted by molar-refractivity contribution is 6.05. The number of aliphatic hydroxyl groups is 1. The minimum absolute atomic E-state index is 0.0313. The largest absolute Gasteiger partial charge is 0.393 e. The molecular weight excluding hydrogens is 268 g/mol. The molecule has 21 heavy (non-hydrogen) atoms. The zero-order valence-electron chi connectivity index (χ0n) is 13.8. The summed E-state index contributed by atoms with van der Waals surface area (Å²) in [6, 6.07) is -0.305. The van der Waals surface area contributed by atoms with E-state index in [-0.39, 0.29) is 23.7 Å². The molecule has 0 aromatic carbocycles. The molecule has 0 spiro atoms. The molecule has 0 aliphatic carbocycles. The van der Waals surface area contributed by atoms with Gasteiger partial charge in [0.05, 0.1) is 17.8 Å². The van der Waals surface area contributed by atoms with Crippen LogP contribution in [-0.2, 0) is 0 Å². The molecular formula is C16H26N2O3. The van der Waals surface area contributed by atoms with Crippen molar-refractivity contribution in [1.29, 1.82) is 0 Å². The van der Waals surface area contributed by atoms with Crippen molar-refractivity contribution in [2.24, 2.45) is 0 Å². The molecule has 1 aromatic heterocycles. The third-order valence-corrected chi connectivity index (χ3v) is 3.98. The number of aromatic amines is 1. The Hall–Kier alpha value is -1.46. The Labute approximate surface area is 126 Å². The molecule has 0 aliphatic heterocycles. The second-order valence-corrected chi connectivity index (χ2v) is 5.84. The summed E-state index contributed by atoms with van der Waals surface area (Å²) < 4.78 is 0. The van der Waals surface area contributed by atoms with Gasteiger partial charge in [0.2, 0.25) is 0 Å². The number of carbonyl (C=O) groups excluding carboxylic acids is 2. The molecule has 0 amide bonds. The number of rotatable bonds is 7. The lowest BCUT2D eigenvalue weighted by molar-refractivity contribution is 0.0838. The van der Waals surface area contributed by atoms with Crippen LogP contribution in [0.4, 0.5) is 0 Å². The zero-order chi connectivity index (χ0) is 16.3. The van der Waals surface area contributed by atoms with E-state index in [1.165, 1.54) is 6.92 Å². The highest BCUT2D eigenvalue weighted by Crippen LogP contribution is 2.20. The number of aliphatic hydroxyl groups excluding tert-OH is 1. The fraction of sp³-hybridized carbons (Fsp3) is 0.625. The second-order valence-electron chi connectivity index (χ2n) is 5.84. The van der Waals surface area contributed by atoms with Crippen molar-refractivity contribution in [2.45, 2.75) is 53.2 Å². The quantitative estimate of drug-likeness (QED) is 0.755. The summed E-state index contributed by atoms with van der Waals surface area (Å²) in [5.74, 6) is -0.0633. The average Bonchev–Trinajstić information content (AvgIpc) is 2.69. The minimum atomic E-state index is -0.381. The number of Topliss-reactive ketones (excluding diaryl/α,β-unsaturated/α-hetero) is 2. The van der Waals surface area contributed by atoms with Gasteiger partial charge in [-0.3, -0.25) is 14.5 Å². The molecule has 0 aliphatic rings. The predicted molar refractivity (Wildman–Crippen MR) is 83.0 cm³/mol. The van der Waals surface area contributed by atoms with Gasteiger partial charge >= 0.3 is 0 Å². The smallest absolute Gasteiger partial charge is 0.196 e. The van der Waals surface area contributed by atoms with Gasteiger partial charge in [0.1, 0.15) is 0 Å². The van der Waals surface area contributed by atoms with Crippen LogP contribution in [0.1, 0.15) is 59.3 Å². The summed E-state index contributed by atoms with van der Waals surface area (Å²) in [4.78, 5) is 29.2. The Morgan fingerprint density at radius 2 is 1.86 bits per heavy atom. The summed E-state index contributed by atoms with van der Waals surface area (Å²) >= 11 is 0. The van der Waals surface area contributed by atoms with E-state index in [0.717, 1.165) is 11.3 Å². The van der Waals surface area contributed by atoms with Crippen LogP contribution >= 0.6 is 0 Å². The van der Waals surface area contributed by atoms with E-state index < -0.39 is 0 Å². The summed E-state index contributed by atoms with van der Waals surface area (Å²) in [5, 5.41) is 9.33. The molecule has 0 saturated carbocycles. The van der Waals surface area contributed by atoms with Crippen LogP contribution in [0.2, 0.25) is 0 Å². The van der Waals surface area contributed by atoms with Crippen molar-refractivity contribution in [3.05, 3.63) is 22.5 Å². The molecule has 118 valence electrons. The fourth-order valence-corrected chi connectivity index (χ4v) is 2.52. The van der Waals surface area contributed by atoms with Crippen LogP contribution in [0.25, 0.3) is 0 Å². The number of likely N-dealkylation sites (N-methyl/N-ethyl adjacent to an activating group) is 1. The van der Waals surface area contributed by atoms with E-state index in [1.54, 1.807) is 13.8 Å². The van der Waals surface area contributed by atoms with E-state index in [0.29, 0.717) is 24.2 Å². The predicted octanol–water partition coefficient (Wildman–Crippen LogP) is 2.11. The molecule has 2 unspecified atom stereocenters. The van der Waals surface area contributed by atoms with E-state index in [4.69, 9.17) is 0 Å². The van der Waals surface area contributed by atoms with Crippen molar-refractivity contribution in [1.82, 2.24) is 9.88 Å². The summed E-state index contributed by atoms with van der Waals surface area (Å²) in [5.41, 5.74) is 2.58. The second kappa shape index (κ2) is 7.00. The van der Waals surface area contributed by atoms with Crippen LogP contribution in [0.5, 0.6) is 0 Å². The molecule has 2 atom stereocenters. The molecule has 1 heterocycles. The third-order valence-electron chi connectivity index (χ3n) is 3.98. The van der Waals surface area contributed by atoms with Crippen LogP contribution in [0.3, 0.4) is 0 Å². The normalized spacial score (nSPS) is 14.3. The first-order valence-corrected chi connectivity index (χ1v) is 7.29. The molecule has 1 rings (SSSR count). The number of ketones is 2. The maximum Gasteiger partial charge on any atom is 0.196 e. The van der Waals surface area contributed by atoms with E-state index in [9.17, 15) is 14.7 Å². The average molecular weight is 294 g/mol. The van der Waals surface area contributed by atoms with Crippen molar-refractivity contribution < 1.29 is 14.7 Å². The van der Waals surface area contributed by atoms with E-state index in [2.05, 4.69) is 4.98 Å². The van der Waals surface area contributed by atoms with Gasteiger partial charge in [-0.15, -0.1) is 0 Å². The number of nitrogens with one attached hydrogen (secondary N) is 1. The van der Waals surface area contributed by atoms with E-state index >= 15 is 0 Å². The SMILES string of the molecule is CC(=O)c1c(C)[nH]c(C(=O)C(C)N(C)CCC(C)O)c1C. The minimum Gasteiger partial charge on any atom is -0.393 e. The number of hydrogen-bond acceptors (Lipinski definition) is 4. The molecule has 2 N–H and O–H groups in total. The molecule has 0 radical (unpaired) electrons. The topological polar surface area (TPSA) is 73.4 Å². The van der Waals surface area contributed by atoms with Gasteiger partial charge in [-0.05, 0) is 53.7 Å². The van der Waals surface area contributed by atoms with Gasteiger partial charge in [0, 0.05) is 17.8 Å². The fourth-order valence-electron chi connectivity index (χ4n) is 2.52. The Kier molecular flexibility index (Phi) is 5.87. The zero-order valence-corrected chi connectivity index (χ0v) is 13.8. The Balaban J connectivity index is 2.93. The maximum absolute atomic E-state index is 12.6. The first-order chi connectivity index (χ1) is 9.66. The summed E-state index contributed by atoms with van der Waals surface area (Å²) in [7, 11) is 1.86. The van der Waals surface area contributed by atoms with E-state index in [1.807, 2.05) is 25.8 Å². The molecule has 1 aromatic rings. The van der Waals surface area contributed by atoms with Crippen LogP contribution in [0, 0.1) is 13.8 Å². The molecule has 5 nitrogen and oxygen atoms in total. The van der Waals surface area contributed by atoms with Gasteiger partial charge < -0.3 is 10.1 Å². The lowest BCUT2D eigenvalue weighted by Gasteiger charge is -2.24. The highest BCUT2D eigenvalue weighted by Gasteiger charge is 2.25. The number of carbonyl (C=O) groups is 2. The number of aromatic nitrogens is 1. The Bertz CT molecular complexity index is 532. The third kappa shape index (κ3) is 4.02. The first kappa shape index (κ1) is 17.6. The molecule has 5 heteroatoms. The van der Waals surface area contributed by atoms with Gasteiger partial charge in [0.25, 0.3) is 0 Å². The number of aryl methyl sites for hydroxylation is 1. The highest BCUT2D eigenvalue weighted by atomic mass is 16.3. The van der Waals surface area contributed by atoms with Crippen LogP contribution in [0.15, 0.2) is 0 Å². The van der Waals surface area contributed by atoms with Gasteiger partial charge in [-0.25, -0.2) is 0 Å². The number of H-pyrrole nitrogens is 1. The standard InChI is InChI=1S/C16H26N2O3/c1-9(19)7-8-18(6)12(4)16(21)15-10(2)14(13(5)20)11(3)17-15/h9,12,17,19H,7-8H2,1-6H3. The summed E-state index contributed by atoms with van der Waals surface area (Å²) in [6.07, 6.45) is 0.240.